The topological polar surface area (TPSA) is 50.2 Å². The Morgan fingerprint density at radius 3 is 2.61 bits per heavy atom. The van der Waals surface area contributed by atoms with Gasteiger partial charge in [-0.1, -0.05) is 0 Å². The van der Waals surface area contributed by atoms with E-state index in [1.165, 1.54) is 0 Å². The molecule has 0 aliphatic carbocycles. The lowest BCUT2D eigenvalue weighted by Crippen LogP contribution is -2.47. The SMILES string of the molecule is O=C(Cn1cc(C(F)(F)F)cn1)N1CCNCC1. The van der Waals surface area contributed by atoms with Gasteiger partial charge in [0.25, 0.3) is 0 Å². The zero-order valence-corrected chi connectivity index (χ0v) is 9.57. The van der Waals surface area contributed by atoms with Crippen LogP contribution in [-0.2, 0) is 17.5 Å². The van der Waals surface area contributed by atoms with Gasteiger partial charge in [-0.05, 0) is 0 Å². The highest BCUT2D eigenvalue weighted by molar-refractivity contribution is 5.76. The summed E-state index contributed by atoms with van der Waals surface area (Å²) in [5.41, 5.74) is -0.837. The van der Waals surface area contributed by atoms with Crippen LogP contribution in [0, 0.1) is 0 Å². The normalized spacial score (nSPS) is 16.9. The molecule has 0 atom stereocenters. The van der Waals surface area contributed by atoms with Crippen LogP contribution in [0.4, 0.5) is 13.2 Å². The predicted octanol–water partition coefficient (Wildman–Crippen LogP) is 0.334. The summed E-state index contributed by atoms with van der Waals surface area (Å²) in [4.78, 5) is 13.4. The molecule has 1 N–H and O–H groups in total. The number of alkyl halides is 3. The van der Waals surface area contributed by atoms with Crippen LogP contribution in [0.5, 0.6) is 0 Å². The smallest absolute Gasteiger partial charge is 0.339 e. The molecule has 1 saturated heterocycles. The minimum Gasteiger partial charge on any atom is -0.339 e. The minimum atomic E-state index is -4.42. The number of aromatic nitrogens is 2. The third kappa shape index (κ3) is 3.00. The quantitative estimate of drug-likeness (QED) is 0.836. The summed E-state index contributed by atoms with van der Waals surface area (Å²) in [6.45, 7) is 2.41. The number of halogens is 3. The molecular weight excluding hydrogens is 249 g/mol. The van der Waals surface area contributed by atoms with E-state index in [9.17, 15) is 18.0 Å². The van der Waals surface area contributed by atoms with E-state index in [0.29, 0.717) is 26.2 Å². The van der Waals surface area contributed by atoms with E-state index in [1.54, 1.807) is 4.90 Å². The first kappa shape index (κ1) is 12.9. The van der Waals surface area contributed by atoms with Crippen LogP contribution in [0.25, 0.3) is 0 Å². The van der Waals surface area contributed by atoms with Crippen LogP contribution < -0.4 is 5.32 Å². The molecule has 18 heavy (non-hydrogen) atoms. The second-order valence-electron chi connectivity index (χ2n) is 4.06. The Hall–Kier alpha value is -1.57. The third-order valence-electron chi connectivity index (χ3n) is 2.73. The molecule has 8 heteroatoms. The van der Waals surface area contributed by atoms with E-state index in [-0.39, 0.29) is 12.5 Å². The second kappa shape index (κ2) is 4.97. The maximum absolute atomic E-state index is 12.3. The van der Waals surface area contributed by atoms with Gasteiger partial charge in [0.05, 0.1) is 11.8 Å². The van der Waals surface area contributed by atoms with Gasteiger partial charge >= 0.3 is 6.18 Å². The van der Waals surface area contributed by atoms with Crippen molar-refractivity contribution in [1.82, 2.24) is 20.0 Å². The highest BCUT2D eigenvalue weighted by atomic mass is 19.4. The highest BCUT2D eigenvalue weighted by Crippen LogP contribution is 2.28. The summed E-state index contributed by atoms with van der Waals surface area (Å²) >= 11 is 0. The zero-order chi connectivity index (χ0) is 13.2. The Balaban J connectivity index is 1.96. The van der Waals surface area contributed by atoms with Crippen LogP contribution in [0.3, 0.4) is 0 Å². The summed E-state index contributed by atoms with van der Waals surface area (Å²) < 4.78 is 38.0. The summed E-state index contributed by atoms with van der Waals surface area (Å²) in [7, 11) is 0. The van der Waals surface area contributed by atoms with Gasteiger partial charge in [-0.15, -0.1) is 0 Å². The number of nitrogens with zero attached hydrogens (tertiary/aromatic N) is 3. The molecule has 2 heterocycles. The molecular formula is C10H13F3N4O. The molecule has 1 aromatic heterocycles. The van der Waals surface area contributed by atoms with E-state index in [0.717, 1.165) is 17.1 Å². The van der Waals surface area contributed by atoms with Crippen LogP contribution in [-0.4, -0.2) is 46.8 Å². The number of carbonyl (C=O) groups is 1. The van der Waals surface area contributed by atoms with Crippen molar-refractivity contribution in [3.05, 3.63) is 18.0 Å². The minimum absolute atomic E-state index is 0.157. The predicted molar refractivity (Wildman–Crippen MR) is 56.7 cm³/mol. The Morgan fingerprint density at radius 2 is 2.06 bits per heavy atom. The second-order valence-corrected chi connectivity index (χ2v) is 4.06. The van der Waals surface area contributed by atoms with Gasteiger partial charge in [0, 0.05) is 32.4 Å². The van der Waals surface area contributed by atoms with Crippen molar-refractivity contribution >= 4 is 5.91 Å². The van der Waals surface area contributed by atoms with Gasteiger partial charge in [-0.25, -0.2) is 0 Å². The molecule has 100 valence electrons. The zero-order valence-electron chi connectivity index (χ0n) is 9.57. The summed E-state index contributed by atoms with van der Waals surface area (Å²) in [5.74, 6) is -0.215. The van der Waals surface area contributed by atoms with Crippen molar-refractivity contribution in [3.63, 3.8) is 0 Å². The molecule has 1 aromatic rings. The number of carbonyl (C=O) groups excluding carboxylic acids is 1. The molecule has 0 aromatic carbocycles. The molecule has 2 rings (SSSR count). The number of hydrogen-bond donors (Lipinski definition) is 1. The lowest BCUT2D eigenvalue weighted by Gasteiger charge is -2.27. The van der Waals surface area contributed by atoms with E-state index in [2.05, 4.69) is 10.4 Å². The number of nitrogens with one attached hydrogen (secondary N) is 1. The molecule has 1 aliphatic heterocycles. The first-order valence-corrected chi connectivity index (χ1v) is 5.55. The monoisotopic (exact) mass is 262 g/mol. The summed E-state index contributed by atoms with van der Waals surface area (Å²) in [6, 6.07) is 0. The molecule has 0 saturated carbocycles. The van der Waals surface area contributed by atoms with Gasteiger partial charge in [0.2, 0.25) is 5.91 Å². The van der Waals surface area contributed by atoms with E-state index < -0.39 is 11.7 Å². The number of hydrogen-bond acceptors (Lipinski definition) is 3. The fourth-order valence-electron chi connectivity index (χ4n) is 1.75. The maximum Gasteiger partial charge on any atom is 0.419 e. The van der Waals surface area contributed by atoms with Gasteiger partial charge in [0.15, 0.2) is 0 Å². The average molecular weight is 262 g/mol. The standard InChI is InChI=1S/C10H13F3N4O/c11-10(12,13)8-5-15-17(6-8)7-9(18)16-3-1-14-2-4-16/h5-6,14H,1-4,7H2. The van der Waals surface area contributed by atoms with Crippen molar-refractivity contribution in [1.29, 1.82) is 0 Å². The van der Waals surface area contributed by atoms with Crippen LogP contribution in [0.2, 0.25) is 0 Å². The number of rotatable bonds is 2. The number of amides is 1. The molecule has 0 radical (unpaired) electrons. The van der Waals surface area contributed by atoms with E-state index in [4.69, 9.17) is 0 Å². The van der Waals surface area contributed by atoms with Crippen LogP contribution in [0.1, 0.15) is 5.56 Å². The molecule has 1 aliphatic rings. The largest absolute Gasteiger partial charge is 0.419 e. The third-order valence-corrected chi connectivity index (χ3v) is 2.73. The fraction of sp³-hybridized carbons (Fsp3) is 0.600. The molecule has 5 nitrogen and oxygen atoms in total. The fourth-order valence-corrected chi connectivity index (χ4v) is 1.75. The first-order chi connectivity index (χ1) is 8.47. The molecule has 0 unspecified atom stereocenters. The van der Waals surface area contributed by atoms with Crippen LogP contribution in [0.15, 0.2) is 12.4 Å². The molecule has 0 bridgehead atoms. The van der Waals surface area contributed by atoms with Crippen molar-refractivity contribution in [2.24, 2.45) is 0 Å². The molecule has 0 spiro atoms. The molecule has 1 fully saturated rings. The Labute approximate surface area is 102 Å². The highest BCUT2D eigenvalue weighted by Gasteiger charge is 2.32. The van der Waals surface area contributed by atoms with Crippen molar-refractivity contribution in [2.45, 2.75) is 12.7 Å². The van der Waals surface area contributed by atoms with Crippen molar-refractivity contribution < 1.29 is 18.0 Å². The average Bonchev–Trinajstić information content (AvgIpc) is 2.78. The molecule has 1 amide bonds. The van der Waals surface area contributed by atoms with Gasteiger partial charge < -0.3 is 10.2 Å². The lowest BCUT2D eigenvalue weighted by molar-refractivity contribution is -0.138. The van der Waals surface area contributed by atoms with Gasteiger partial charge in [0.1, 0.15) is 6.54 Å². The summed E-state index contributed by atoms with van der Waals surface area (Å²) in [6.07, 6.45) is -2.85. The van der Waals surface area contributed by atoms with E-state index in [1.807, 2.05) is 0 Å². The van der Waals surface area contributed by atoms with Crippen LogP contribution >= 0.6 is 0 Å². The van der Waals surface area contributed by atoms with Crippen molar-refractivity contribution in [3.8, 4) is 0 Å². The lowest BCUT2D eigenvalue weighted by atomic mass is 10.3. The van der Waals surface area contributed by atoms with Crippen molar-refractivity contribution in [2.75, 3.05) is 26.2 Å². The Bertz CT molecular complexity index is 423. The van der Waals surface area contributed by atoms with E-state index >= 15 is 0 Å². The maximum atomic E-state index is 12.3. The van der Waals surface area contributed by atoms with Gasteiger partial charge in [-0.3, -0.25) is 9.48 Å². The Morgan fingerprint density at radius 1 is 1.39 bits per heavy atom. The number of piperazine rings is 1. The Kier molecular flexibility index (Phi) is 3.55. The first-order valence-electron chi connectivity index (χ1n) is 5.55. The summed E-state index contributed by atoms with van der Waals surface area (Å²) in [5, 5.41) is 6.64. The van der Waals surface area contributed by atoms with Gasteiger partial charge in [-0.2, -0.15) is 18.3 Å².